The molecule has 0 aliphatic rings. The summed E-state index contributed by atoms with van der Waals surface area (Å²) in [5.41, 5.74) is 3.14. The molecule has 0 spiro atoms. The lowest BCUT2D eigenvalue weighted by molar-refractivity contribution is 1.27. The smallest absolute Gasteiger partial charge is 0.124 e. The van der Waals surface area contributed by atoms with Gasteiger partial charge >= 0.3 is 0 Å². The Balaban J connectivity index is 2.09. The fourth-order valence-corrected chi connectivity index (χ4v) is 2.83. The van der Waals surface area contributed by atoms with Crippen LogP contribution in [0.3, 0.4) is 0 Å². The zero-order chi connectivity index (χ0) is 12.4. The third-order valence-electron chi connectivity index (χ3n) is 2.76. The van der Waals surface area contributed by atoms with Gasteiger partial charge in [0.2, 0.25) is 0 Å². The van der Waals surface area contributed by atoms with E-state index in [2.05, 4.69) is 23.2 Å². The first-order valence-corrected chi connectivity index (χ1v) is 6.50. The highest BCUT2D eigenvalue weighted by Gasteiger charge is 2.06. The van der Waals surface area contributed by atoms with Crippen LogP contribution in [0.15, 0.2) is 48.5 Å². The molecule has 0 saturated carbocycles. The lowest BCUT2D eigenvalue weighted by Gasteiger charge is -1.92. The summed E-state index contributed by atoms with van der Waals surface area (Å²) in [6, 6.07) is 18.4. The molecule has 3 rings (SSSR count). The number of aromatic nitrogens is 1. The Morgan fingerprint density at radius 2 is 1.94 bits per heavy atom. The number of fused-ring (bicyclic) bond motifs is 1. The third-order valence-corrected chi connectivity index (χ3v) is 3.84. The highest BCUT2D eigenvalue weighted by atomic mass is 32.1. The molecule has 0 aliphatic heterocycles. The molecule has 18 heavy (non-hydrogen) atoms. The quantitative estimate of drug-likeness (QED) is 0.688. The molecule has 0 unspecified atom stereocenters. The van der Waals surface area contributed by atoms with Crippen molar-refractivity contribution >= 4 is 21.6 Å². The van der Waals surface area contributed by atoms with Crippen molar-refractivity contribution in [2.75, 3.05) is 0 Å². The van der Waals surface area contributed by atoms with Crippen LogP contribution >= 0.6 is 11.3 Å². The van der Waals surface area contributed by atoms with E-state index in [0.29, 0.717) is 6.42 Å². The number of benzene rings is 2. The Labute approximate surface area is 109 Å². The molecule has 0 N–H and O–H groups in total. The van der Waals surface area contributed by atoms with Crippen LogP contribution in [0.1, 0.15) is 5.56 Å². The zero-order valence-corrected chi connectivity index (χ0v) is 10.4. The van der Waals surface area contributed by atoms with Gasteiger partial charge < -0.3 is 0 Å². The zero-order valence-electron chi connectivity index (χ0n) is 9.63. The van der Waals surface area contributed by atoms with E-state index in [-0.39, 0.29) is 0 Å². The van der Waals surface area contributed by atoms with E-state index in [9.17, 15) is 0 Å². The molecular formula is C15H10N2S. The molecular weight excluding hydrogens is 240 g/mol. The molecule has 2 nitrogen and oxygen atoms in total. The van der Waals surface area contributed by atoms with Gasteiger partial charge in [-0.25, -0.2) is 4.98 Å². The van der Waals surface area contributed by atoms with Crippen molar-refractivity contribution in [3.8, 4) is 16.6 Å². The highest BCUT2D eigenvalue weighted by molar-refractivity contribution is 7.21. The maximum absolute atomic E-state index is 8.71. The second-order valence-corrected chi connectivity index (χ2v) is 5.05. The van der Waals surface area contributed by atoms with Crippen molar-refractivity contribution in [2.45, 2.75) is 6.42 Å². The number of nitriles is 1. The molecule has 2 aromatic carbocycles. The van der Waals surface area contributed by atoms with E-state index in [1.807, 2.05) is 36.4 Å². The second kappa shape index (κ2) is 4.59. The monoisotopic (exact) mass is 250 g/mol. The average Bonchev–Trinajstić information content (AvgIpc) is 2.83. The maximum Gasteiger partial charge on any atom is 0.124 e. The average molecular weight is 250 g/mol. The van der Waals surface area contributed by atoms with E-state index in [1.54, 1.807) is 11.3 Å². The van der Waals surface area contributed by atoms with Crippen LogP contribution in [0.2, 0.25) is 0 Å². The summed E-state index contributed by atoms with van der Waals surface area (Å²) in [6.07, 6.45) is 0.439. The van der Waals surface area contributed by atoms with Crippen LogP contribution in [-0.4, -0.2) is 4.98 Å². The summed E-state index contributed by atoms with van der Waals surface area (Å²) >= 11 is 1.68. The summed E-state index contributed by atoms with van der Waals surface area (Å²) < 4.78 is 1.16. The predicted molar refractivity (Wildman–Crippen MR) is 74.4 cm³/mol. The SMILES string of the molecule is N#CCc1ccc2sc(-c3ccccc3)nc2c1. The van der Waals surface area contributed by atoms with Crippen LogP contribution in [0, 0.1) is 11.3 Å². The molecule has 0 bridgehead atoms. The van der Waals surface area contributed by atoms with Crippen molar-refractivity contribution in [3.63, 3.8) is 0 Å². The summed E-state index contributed by atoms with van der Waals surface area (Å²) in [6.45, 7) is 0. The fraction of sp³-hybridized carbons (Fsp3) is 0.0667. The molecule has 0 aliphatic carbocycles. The van der Waals surface area contributed by atoms with Crippen LogP contribution in [0.5, 0.6) is 0 Å². The van der Waals surface area contributed by atoms with Crippen molar-refractivity contribution in [3.05, 3.63) is 54.1 Å². The van der Waals surface area contributed by atoms with Gasteiger partial charge in [0.05, 0.1) is 22.7 Å². The second-order valence-electron chi connectivity index (χ2n) is 4.02. The fourth-order valence-electron chi connectivity index (χ4n) is 1.88. The molecule has 0 atom stereocenters. The highest BCUT2D eigenvalue weighted by Crippen LogP contribution is 2.30. The lowest BCUT2D eigenvalue weighted by atomic mass is 10.1. The Hall–Kier alpha value is -2.18. The summed E-state index contributed by atoms with van der Waals surface area (Å²) in [5, 5.41) is 9.73. The molecule has 0 radical (unpaired) electrons. The molecule has 3 heteroatoms. The number of thiazole rings is 1. The minimum Gasteiger partial charge on any atom is -0.236 e. The molecule has 0 amide bonds. The van der Waals surface area contributed by atoms with Gasteiger partial charge in [-0.15, -0.1) is 11.3 Å². The van der Waals surface area contributed by atoms with Crippen LogP contribution < -0.4 is 0 Å². The van der Waals surface area contributed by atoms with Gasteiger partial charge in [-0.05, 0) is 17.7 Å². The molecule has 3 aromatic rings. The number of hydrogen-bond donors (Lipinski definition) is 0. The maximum atomic E-state index is 8.71. The van der Waals surface area contributed by atoms with Gasteiger partial charge in [-0.3, -0.25) is 0 Å². The first kappa shape index (κ1) is 10.9. The van der Waals surface area contributed by atoms with E-state index < -0.39 is 0 Å². The third kappa shape index (κ3) is 1.99. The van der Waals surface area contributed by atoms with Crippen molar-refractivity contribution in [1.82, 2.24) is 4.98 Å². The molecule has 0 fully saturated rings. The van der Waals surface area contributed by atoms with E-state index >= 15 is 0 Å². The molecule has 1 aromatic heterocycles. The lowest BCUT2D eigenvalue weighted by Crippen LogP contribution is -1.80. The van der Waals surface area contributed by atoms with Gasteiger partial charge in [0.15, 0.2) is 0 Å². The Morgan fingerprint density at radius 1 is 1.11 bits per heavy atom. The minimum absolute atomic E-state index is 0.439. The number of rotatable bonds is 2. The van der Waals surface area contributed by atoms with Gasteiger partial charge in [0, 0.05) is 5.56 Å². The summed E-state index contributed by atoms with van der Waals surface area (Å²) in [5.74, 6) is 0. The van der Waals surface area contributed by atoms with E-state index in [0.717, 1.165) is 26.4 Å². The minimum atomic E-state index is 0.439. The predicted octanol–water partition coefficient (Wildman–Crippen LogP) is 4.03. The topological polar surface area (TPSA) is 36.7 Å². The summed E-state index contributed by atoms with van der Waals surface area (Å²) in [4.78, 5) is 4.63. The van der Waals surface area contributed by atoms with Gasteiger partial charge in [0.25, 0.3) is 0 Å². The first-order valence-electron chi connectivity index (χ1n) is 5.68. The Kier molecular flexibility index (Phi) is 2.79. The number of hydrogen-bond acceptors (Lipinski definition) is 3. The van der Waals surface area contributed by atoms with Gasteiger partial charge in [-0.2, -0.15) is 5.26 Å². The molecule has 86 valence electrons. The van der Waals surface area contributed by atoms with Crippen LogP contribution in [0.4, 0.5) is 0 Å². The molecule has 0 saturated heterocycles. The Morgan fingerprint density at radius 3 is 2.72 bits per heavy atom. The van der Waals surface area contributed by atoms with Crippen molar-refractivity contribution in [2.24, 2.45) is 0 Å². The van der Waals surface area contributed by atoms with Crippen LogP contribution in [-0.2, 0) is 6.42 Å². The Bertz CT molecular complexity index is 723. The summed E-state index contributed by atoms with van der Waals surface area (Å²) in [7, 11) is 0. The van der Waals surface area contributed by atoms with E-state index in [4.69, 9.17) is 5.26 Å². The standard InChI is InChI=1S/C15H10N2S/c16-9-8-11-6-7-14-13(10-11)17-15(18-14)12-4-2-1-3-5-12/h1-7,10H,8H2. The molecule has 1 heterocycles. The first-order chi connectivity index (χ1) is 8.86. The van der Waals surface area contributed by atoms with Gasteiger partial charge in [0.1, 0.15) is 5.01 Å². The number of nitrogens with zero attached hydrogens (tertiary/aromatic N) is 2. The normalized spacial score (nSPS) is 10.4. The van der Waals surface area contributed by atoms with Crippen molar-refractivity contribution < 1.29 is 0 Å². The largest absolute Gasteiger partial charge is 0.236 e. The van der Waals surface area contributed by atoms with Crippen molar-refractivity contribution in [1.29, 1.82) is 5.26 Å². The van der Waals surface area contributed by atoms with Crippen LogP contribution in [0.25, 0.3) is 20.8 Å². The van der Waals surface area contributed by atoms with E-state index in [1.165, 1.54) is 0 Å². The van der Waals surface area contributed by atoms with Gasteiger partial charge in [-0.1, -0.05) is 36.4 Å².